The number of hydrogen-bond acceptors (Lipinski definition) is 5. The summed E-state index contributed by atoms with van der Waals surface area (Å²) in [6.07, 6.45) is 4.26. The molecule has 2 heterocycles. The van der Waals surface area contributed by atoms with Crippen LogP contribution in [0, 0.1) is 5.41 Å². The molecule has 2 saturated heterocycles. The largest absolute Gasteiger partial charge is 0.381 e. The zero-order valence-corrected chi connectivity index (χ0v) is 12.8. The molecule has 1 N–H and O–H groups in total. The third kappa shape index (κ3) is 3.34. The quantitative estimate of drug-likeness (QED) is 0.737. The highest BCUT2D eigenvalue weighted by Crippen LogP contribution is 2.32. The first-order chi connectivity index (χ1) is 9.74. The molecule has 0 aromatic rings. The summed E-state index contributed by atoms with van der Waals surface area (Å²) in [7, 11) is 3.56. The van der Waals surface area contributed by atoms with Crippen molar-refractivity contribution in [3.05, 3.63) is 0 Å². The smallest absolute Gasteiger partial charge is 0.0971 e. The van der Waals surface area contributed by atoms with Gasteiger partial charge < -0.3 is 19.5 Å². The van der Waals surface area contributed by atoms with E-state index in [9.17, 15) is 0 Å². The normalized spacial score (nSPS) is 38.7. The molecule has 0 aromatic heterocycles. The molecule has 116 valence electrons. The molecule has 2 aliphatic heterocycles. The maximum atomic E-state index is 5.70. The van der Waals surface area contributed by atoms with E-state index in [1.165, 1.54) is 19.3 Å². The van der Waals surface area contributed by atoms with Crippen LogP contribution in [-0.4, -0.2) is 76.8 Å². The average Bonchev–Trinajstić information content (AvgIpc) is 3.05. The van der Waals surface area contributed by atoms with Gasteiger partial charge in [0.25, 0.3) is 0 Å². The highest BCUT2D eigenvalue weighted by Gasteiger charge is 2.41. The number of likely N-dealkylation sites (tertiary alicyclic amines) is 1. The van der Waals surface area contributed by atoms with E-state index in [2.05, 4.69) is 10.2 Å². The van der Waals surface area contributed by atoms with Crippen molar-refractivity contribution in [1.29, 1.82) is 0 Å². The van der Waals surface area contributed by atoms with Crippen molar-refractivity contribution in [2.45, 2.75) is 37.5 Å². The van der Waals surface area contributed by atoms with Crippen LogP contribution in [0.1, 0.15) is 19.3 Å². The molecule has 5 nitrogen and oxygen atoms in total. The summed E-state index contributed by atoms with van der Waals surface area (Å²) in [5, 5.41) is 3.69. The van der Waals surface area contributed by atoms with Gasteiger partial charge in [0.05, 0.1) is 18.8 Å². The van der Waals surface area contributed by atoms with E-state index in [-0.39, 0.29) is 17.6 Å². The number of nitrogens with zero attached hydrogens (tertiary/aromatic N) is 1. The molecule has 3 unspecified atom stereocenters. The Morgan fingerprint density at radius 2 is 1.90 bits per heavy atom. The van der Waals surface area contributed by atoms with E-state index in [0.717, 1.165) is 45.4 Å². The Hall–Kier alpha value is -0.200. The van der Waals surface area contributed by atoms with Crippen molar-refractivity contribution in [2.75, 3.05) is 53.6 Å². The van der Waals surface area contributed by atoms with Crippen LogP contribution in [0.4, 0.5) is 0 Å². The average molecular weight is 284 g/mol. The third-order valence-corrected chi connectivity index (χ3v) is 4.98. The molecular weight excluding hydrogens is 256 g/mol. The molecule has 3 aliphatic rings. The standard InChI is InChI=1S/C15H28N2O3/c1-18-13-7-17(8-14(13)19-2)10-15(5-6-20-11-15)9-16-12-3-4-12/h12-14,16H,3-11H2,1-2H3. The molecule has 0 amide bonds. The van der Waals surface area contributed by atoms with Crippen molar-refractivity contribution >= 4 is 0 Å². The van der Waals surface area contributed by atoms with Crippen LogP contribution in [0.5, 0.6) is 0 Å². The summed E-state index contributed by atoms with van der Waals surface area (Å²) < 4.78 is 16.8. The van der Waals surface area contributed by atoms with E-state index in [0.29, 0.717) is 0 Å². The van der Waals surface area contributed by atoms with Crippen LogP contribution in [0.15, 0.2) is 0 Å². The van der Waals surface area contributed by atoms with E-state index in [1.807, 2.05) is 0 Å². The van der Waals surface area contributed by atoms with Gasteiger partial charge in [0, 0.05) is 58.5 Å². The Balaban J connectivity index is 1.55. The molecule has 0 bridgehead atoms. The zero-order valence-electron chi connectivity index (χ0n) is 12.8. The topological polar surface area (TPSA) is 43.0 Å². The van der Waals surface area contributed by atoms with E-state index >= 15 is 0 Å². The minimum Gasteiger partial charge on any atom is -0.381 e. The summed E-state index contributed by atoms with van der Waals surface area (Å²) in [4.78, 5) is 2.49. The Kier molecular flexibility index (Phi) is 4.62. The van der Waals surface area contributed by atoms with Crippen molar-refractivity contribution < 1.29 is 14.2 Å². The van der Waals surface area contributed by atoms with Gasteiger partial charge in [0.1, 0.15) is 0 Å². The van der Waals surface area contributed by atoms with Gasteiger partial charge in [-0.25, -0.2) is 0 Å². The molecule has 3 atom stereocenters. The fourth-order valence-electron chi connectivity index (χ4n) is 3.49. The van der Waals surface area contributed by atoms with Gasteiger partial charge in [-0.15, -0.1) is 0 Å². The van der Waals surface area contributed by atoms with Gasteiger partial charge >= 0.3 is 0 Å². The highest BCUT2D eigenvalue weighted by molar-refractivity contribution is 4.95. The molecule has 1 aliphatic carbocycles. The summed E-state index contributed by atoms with van der Waals surface area (Å²) in [5.74, 6) is 0. The number of hydrogen-bond donors (Lipinski definition) is 1. The molecule has 0 radical (unpaired) electrons. The predicted molar refractivity (Wildman–Crippen MR) is 76.9 cm³/mol. The Morgan fingerprint density at radius 3 is 2.40 bits per heavy atom. The number of ether oxygens (including phenoxy) is 3. The molecule has 3 rings (SSSR count). The number of nitrogens with one attached hydrogen (secondary N) is 1. The fourth-order valence-corrected chi connectivity index (χ4v) is 3.49. The molecule has 0 spiro atoms. The molecule has 1 saturated carbocycles. The first kappa shape index (κ1) is 14.7. The van der Waals surface area contributed by atoms with E-state index < -0.39 is 0 Å². The van der Waals surface area contributed by atoms with Gasteiger partial charge in [0.15, 0.2) is 0 Å². The summed E-state index contributed by atoms with van der Waals surface area (Å²) >= 11 is 0. The molecule has 0 aromatic carbocycles. The Labute approximate surface area is 121 Å². The maximum Gasteiger partial charge on any atom is 0.0971 e. The second kappa shape index (κ2) is 6.28. The van der Waals surface area contributed by atoms with Crippen LogP contribution in [0.25, 0.3) is 0 Å². The van der Waals surface area contributed by atoms with Gasteiger partial charge in [-0.1, -0.05) is 0 Å². The summed E-state index contributed by atoms with van der Waals surface area (Å²) in [6, 6.07) is 0.768. The lowest BCUT2D eigenvalue weighted by molar-refractivity contribution is -0.00461. The lowest BCUT2D eigenvalue weighted by Gasteiger charge is -2.32. The van der Waals surface area contributed by atoms with Gasteiger partial charge in [-0.05, 0) is 19.3 Å². The van der Waals surface area contributed by atoms with Crippen LogP contribution < -0.4 is 5.32 Å². The van der Waals surface area contributed by atoms with E-state index in [1.54, 1.807) is 14.2 Å². The lowest BCUT2D eigenvalue weighted by atomic mass is 9.86. The lowest BCUT2D eigenvalue weighted by Crippen LogP contribution is -2.45. The van der Waals surface area contributed by atoms with Crippen molar-refractivity contribution in [1.82, 2.24) is 10.2 Å². The third-order valence-electron chi connectivity index (χ3n) is 4.98. The zero-order chi connectivity index (χ0) is 14.0. The molecule has 3 fully saturated rings. The van der Waals surface area contributed by atoms with Crippen LogP contribution in [0.3, 0.4) is 0 Å². The van der Waals surface area contributed by atoms with Gasteiger partial charge in [-0.2, -0.15) is 0 Å². The summed E-state index contributed by atoms with van der Waals surface area (Å²) in [5.41, 5.74) is 0.281. The molecular formula is C15H28N2O3. The van der Waals surface area contributed by atoms with Crippen molar-refractivity contribution in [3.8, 4) is 0 Å². The van der Waals surface area contributed by atoms with Crippen LogP contribution in [0.2, 0.25) is 0 Å². The number of rotatable bonds is 7. The summed E-state index contributed by atoms with van der Waals surface area (Å²) in [6.45, 7) is 5.91. The first-order valence-corrected chi connectivity index (χ1v) is 7.84. The molecule has 5 heteroatoms. The second-order valence-electron chi connectivity index (χ2n) is 6.70. The fraction of sp³-hybridized carbons (Fsp3) is 1.00. The first-order valence-electron chi connectivity index (χ1n) is 7.84. The van der Waals surface area contributed by atoms with Crippen molar-refractivity contribution in [2.24, 2.45) is 5.41 Å². The number of methoxy groups -OCH3 is 2. The minimum absolute atomic E-state index is 0.204. The van der Waals surface area contributed by atoms with Gasteiger partial charge in [0.2, 0.25) is 0 Å². The SMILES string of the molecule is COC1CN(CC2(CNC3CC3)CCOC2)CC1OC. The predicted octanol–water partition coefficient (Wildman–Crippen LogP) is 0.491. The maximum absolute atomic E-state index is 5.70. The Bertz CT molecular complexity index is 304. The minimum atomic E-state index is 0.204. The highest BCUT2D eigenvalue weighted by atomic mass is 16.5. The van der Waals surface area contributed by atoms with E-state index in [4.69, 9.17) is 14.2 Å². The monoisotopic (exact) mass is 284 g/mol. The molecule has 20 heavy (non-hydrogen) atoms. The van der Waals surface area contributed by atoms with Crippen LogP contribution in [-0.2, 0) is 14.2 Å². The van der Waals surface area contributed by atoms with Crippen LogP contribution >= 0.6 is 0 Å². The van der Waals surface area contributed by atoms with Gasteiger partial charge in [-0.3, -0.25) is 4.90 Å². The second-order valence-corrected chi connectivity index (χ2v) is 6.70. The van der Waals surface area contributed by atoms with Crippen molar-refractivity contribution in [3.63, 3.8) is 0 Å². The Morgan fingerprint density at radius 1 is 1.20 bits per heavy atom.